The van der Waals surface area contributed by atoms with Gasteiger partial charge < -0.3 is 29.4 Å². The predicted molar refractivity (Wildman–Crippen MR) is 181 cm³/mol. The number of aliphatic carboxylic acids is 1. The van der Waals surface area contributed by atoms with Crippen LogP contribution in [0.2, 0.25) is 0 Å². The standard InChI is InChI=1S/C39H40N4O6/c1-23-33(36(39(48)49)41-35(23)34(24(2)44)38(41)47)27-9-11-29-30(19-27)28-10-8-26(18-31(28)37(29)46)21-42-12-15-43(16-13-42,17-14-42)22-32(45)40-20-25-6-4-3-5-7-25/h3-11,18-19,23-24,34-35,44H,12-17,20-22H2,1-2H3/p+2/t23-,24+,34+,35+,42?,43?/m0/s1. The topological polar surface area (TPSA) is 124 Å². The van der Waals surface area contributed by atoms with Gasteiger partial charge in [-0.15, -0.1) is 0 Å². The van der Waals surface area contributed by atoms with E-state index in [2.05, 4.69) is 11.4 Å². The van der Waals surface area contributed by atoms with Crippen molar-refractivity contribution in [1.82, 2.24) is 10.2 Å². The molecule has 5 heterocycles. The minimum Gasteiger partial charge on any atom is -0.477 e. The highest BCUT2D eigenvalue weighted by molar-refractivity contribution is 6.22. The number of aliphatic hydroxyl groups excluding tert-OH is 1. The first-order valence-corrected chi connectivity index (χ1v) is 17.3. The lowest BCUT2D eigenvalue weighted by Gasteiger charge is -2.55. The molecule has 0 saturated carbocycles. The number of carboxylic acid groups (broad SMARTS) is 1. The summed E-state index contributed by atoms with van der Waals surface area (Å²) in [5.41, 5.74) is 6.29. The van der Waals surface area contributed by atoms with Crippen LogP contribution in [-0.2, 0) is 27.5 Å². The Kier molecular flexibility index (Phi) is 7.40. The molecule has 9 rings (SSSR count). The Hall–Kier alpha value is -4.64. The second-order valence-electron chi connectivity index (χ2n) is 14.9. The monoisotopic (exact) mass is 662 g/mol. The van der Waals surface area contributed by atoms with Gasteiger partial charge in [0, 0.05) is 29.2 Å². The molecule has 3 aromatic rings. The van der Waals surface area contributed by atoms with Crippen LogP contribution in [0.5, 0.6) is 0 Å². The van der Waals surface area contributed by atoms with Crippen molar-refractivity contribution >= 4 is 29.1 Å². The number of ketones is 1. The SMILES string of the molecule is C[C@@H](O)[C@H]1C(=O)N2C(C(=O)O)=C(c3ccc4c(c3)-c3ccc(C[N+]56CC[N+](CC(=O)NCc7ccccc7)(CC5)CC6)cc3C4=O)[C@H](C)[C@H]12. The average Bonchev–Trinajstić information content (AvgIpc) is 3.52. The molecule has 0 aromatic heterocycles. The second kappa shape index (κ2) is 11.5. The fourth-order valence-corrected chi connectivity index (χ4v) is 9.30. The van der Waals surface area contributed by atoms with Gasteiger partial charge in [-0.2, -0.15) is 0 Å². The molecule has 0 radical (unpaired) electrons. The third-order valence-electron chi connectivity index (χ3n) is 12.0. The van der Waals surface area contributed by atoms with Gasteiger partial charge in [-0.3, -0.25) is 14.4 Å². The number of piperazine rings is 3. The summed E-state index contributed by atoms with van der Waals surface area (Å²) in [5, 5.41) is 23.5. The van der Waals surface area contributed by atoms with Crippen molar-refractivity contribution in [2.45, 2.75) is 39.1 Å². The molecule has 4 fully saturated rings. The van der Waals surface area contributed by atoms with Crippen molar-refractivity contribution in [1.29, 1.82) is 0 Å². The van der Waals surface area contributed by atoms with E-state index in [9.17, 15) is 29.4 Å². The van der Waals surface area contributed by atoms with E-state index in [1.54, 1.807) is 19.1 Å². The number of aliphatic hydroxyl groups is 1. The van der Waals surface area contributed by atoms with Crippen molar-refractivity contribution in [2.24, 2.45) is 11.8 Å². The van der Waals surface area contributed by atoms with E-state index in [1.807, 2.05) is 55.5 Å². The van der Waals surface area contributed by atoms with Gasteiger partial charge in [-0.05, 0) is 52.9 Å². The summed E-state index contributed by atoms with van der Waals surface area (Å²) in [6.07, 6.45) is -0.872. The molecule has 0 unspecified atom stereocenters. The molecular weight excluding hydrogens is 620 g/mol. The zero-order valence-corrected chi connectivity index (χ0v) is 27.9. The summed E-state index contributed by atoms with van der Waals surface area (Å²) in [6, 6.07) is 21.2. The smallest absolute Gasteiger partial charge is 0.352 e. The number of rotatable bonds is 9. The van der Waals surface area contributed by atoms with E-state index in [0.717, 1.165) is 77.0 Å². The number of carbonyl (C=O) groups excluding carboxylic acids is 3. The van der Waals surface area contributed by atoms with Gasteiger partial charge in [0.15, 0.2) is 12.3 Å². The van der Waals surface area contributed by atoms with E-state index >= 15 is 0 Å². The molecule has 2 amide bonds. The molecule has 5 aliphatic heterocycles. The van der Waals surface area contributed by atoms with Crippen LogP contribution in [0.25, 0.3) is 16.7 Å². The lowest BCUT2D eigenvalue weighted by atomic mass is 9.76. The number of carbonyl (C=O) groups is 4. The summed E-state index contributed by atoms with van der Waals surface area (Å²) in [4.78, 5) is 53.2. The van der Waals surface area contributed by atoms with Crippen LogP contribution in [0.1, 0.15) is 46.5 Å². The highest BCUT2D eigenvalue weighted by atomic mass is 16.4. The van der Waals surface area contributed by atoms with Crippen molar-refractivity contribution in [3.8, 4) is 11.1 Å². The highest BCUT2D eigenvalue weighted by Gasteiger charge is 2.60. The Bertz CT molecular complexity index is 1930. The van der Waals surface area contributed by atoms with Crippen molar-refractivity contribution < 1.29 is 38.4 Å². The molecule has 252 valence electrons. The van der Waals surface area contributed by atoms with E-state index in [-0.39, 0.29) is 29.2 Å². The first-order valence-electron chi connectivity index (χ1n) is 17.3. The molecule has 10 heteroatoms. The fraction of sp³-hybridized carbons (Fsp3) is 0.385. The number of hydrogen-bond acceptors (Lipinski definition) is 5. The fourth-order valence-electron chi connectivity index (χ4n) is 9.30. The van der Waals surface area contributed by atoms with Gasteiger partial charge >= 0.3 is 5.97 Å². The van der Waals surface area contributed by atoms with Gasteiger partial charge in [0.25, 0.3) is 5.91 Å². The molecule has 49 heavy (non-hydrogen) atoms. The van der Waals surface area contributed by atoms with Gasteiger partial charge in [-0.1, -0.05) is 55.5 Å². The first kappa shape index (κ1) is 31.6. The molecule has 3 aromatic carbocycles. The van der Waals surface area contributed by atoms with Gasteiger partial charge in [0.05, 0.1) is 18.1 Å². The number of hydrogen-bond donors (Lipinski definition) is 3. The Morgan fingerprint density at radius 3 is 2.20 bits per heavy atom. The molecule has 4 atom stereocenters. The number of quaternary nitrogens is 2. The molecule has 10 nitrogen and oxygen atoms in total. The number of carboxylic acids is 1. The lowest BCUT2D eigenvalue weighted by molar-refractivity contribution is -1.08. The quantitative estimate of drug-likeness (QED) is 0.187. The van der Waals surface area contributed by atoms with Crippen LogP contribution in [-0.4, -0.2) is 106 Å². The number of amides is 2. The molecule has 6 aliphatic rings. The summed E-state index contributed by atoms with van der Waals surface area (Å²) in [7, 11) is 0. The first-order chi connectivity index (χ1) is 23.5. The number of nitrogens with zero attached hydrogens (tertiary/aromatic N) is 3. The van der Waals surface area contributed by atoms with Gasteiger partial charge in [0.1, 0.15) is 51.5 Å². The third kappa shape index (κ3) is 5.04. The largest absolute Gasteiger partial charge is 0.477 e. The number of benzene rings is 3. The third-order valence-corrected chi connectivity index (χ3v) is 12.0. The molecule has 0 spiro atoms. The lowest BCUT2D eigenvalue weighted by Crippen LogP contribution is -2.75. The Balaban J connectivity index is 0.981. The highest BCUT2D eigenvalue weighted by Crippen LogP contribution is 2.51. The Labute approximate surface area is 285 Å². The molecule has 4 saturated heterocycles. The summed E-state index contributed by atoms with van der Waals surface area (Å²) >= 11 is 0. The Morgan fingerprint density at radius 1 is 0.857 bits per heavy atom. The summed E-state index contributed by atoms with van der Waals surface area (Å²) in [5.74, 6) is -2.39. The predicted octanol–water partition coefficient (Wildman–Crippen LogP) is 3.03. The maximum atomic E-state index is 13.7. The zero-order valence-electron chi connectivity index (χ0n) is 27.9. The second-order valence-corrected chi connectivity index (χ2v) is 14.9. The van der Waals surface area contributed by atoms with Crippen LogP contribution in [0.15, 0.2) is 72.4 Å². The maximum Gasteiger partial charge on any atom is 0.352 e. The van der Waals surface area contributed by atoms with E-state index in [1.165, 1.54) is 4.90 Å². The van der Waals surface area contributed by atoms with E-state index in [4.69, 9.17) is 0 Å². The minimum absolute atomic E-state index is 0.0343. The van der Waals surface area contributed by atoms with Crippen LogP contribution in [0, 0.1) is 11.8 Å². The number of β-lactam (4-membered cyclic amide) rings is 1. The summed E-state index contributed by atoms with van der Waals surface area (Å²) < 4.78 is 1.80. The number of fused-ring (bicyclic) bond motifs is 7. The molecule has 2 bridgehead atoms. The normalized spacial score (nSPS) is 28.6. The van der Waals surface area contributed by atoms with Gasteiger partial charge in [0.2, 0.25) is 5.91 Å². The minimum atomic E-state index is -1.17. The van der Waals surface area contributed by atoms with Crippen molar-refractivity contribution in [3.05, 3.63) is 100 Å². The Morgan fingerprint density at radius 2 is 1.53 bits per heavy atom. The van der Waals surface area contributed by atoms with Crippen LogP contribution in [0.3, 0.4) is 0 Å². The molecule has 3 N–H and O–H groups in total. The van der Waals surface area contributed by atoms with Crippen molar-refractivity contribution in [3.63, 3.8) is 0 Å². The van der Waals surface area contributed by atoms with E-state index < -0.39 is 24.0 Å². The van der Waals surface area contributed by atoms with Crippen LogP contribution >= 0.6 is 0 Å². The molecular formula is C39H42N4O6+2. The summed E-state index contributed by atoms with van der Waals surface area (Å²) in [6.45, 7) is 11.3. The average molecular weight is 663 g/mol. The maximum absolute atomic E-state index is 13.7. The van der Waals surface area contributed by atoms with Crippen LogP contribution < -0.4 is 5.32 Å². The number of nitrogens with one attached hydrogen (secondary N) is 1. The van der Waals surface area contributed by atoms with Crippen molar-refractivity contribution in [2.75, 3.05) is 45.8 Å². The van der Waals surface area contributed by atoms with Gasteiger partial charge in [-0.25, -0.2) is 4.79 Å². The van der Waals surface area contributed by atoms with E-state index in [0.29, 0.717) is 35.4 Å². The van der Waals surface area contributed by atoms with Crippen LogP contribution in [0.4, 0.5) is 0 Å². The zero-order chi connectivity index (χ0) is 34.2. The molecule has 1 aliphatic carbocycles.